The predicted molar refractivity (Wildman–Crippen MR) is 144 cm³/mol. The number of amides is 1. The average molecular weight is 577 g/mol. The lowest BCUT2D eigenvalue weighted by Crippen LogP contribution is -2.45. The Balaban J connectivity index is 1.32. The molecule has 0 unspecified atom stereocenters. The maximum atomic E-state index is 14.0. The van der Waals surface area contributed by atoms with Crippen molar-refractivity contribution >= 4 is 29.0 Å². The van der Waals surface area contributed by atoms with Gasteiger partial charge in [-0.25, -0.2) is 4.98 Å². The summed E-state index contributed by atoms with van der Waals surface area (Å²) in [4.78, 5) is 25.5. The van der Waals surface area contributed by atoms with E-state index in [2.05, 4.69) is 32.4 Å². The van der Waals surface area contributed by atoms with Crippen molar-refractivity contribution in [2.24, 2.45) is 0 Å². The summed E-state index contributed by atoms with van der Waals surface area (Å²) in [6.45, 7) is 7.19. The van der Waals surface area contributed by atoms with Crippen molar-refractivity contribution in [2.75, 3.05) is 56.5 Å². The van der Waals surface area contributed by atoms with Gasteiger partial charge in [0.25, 0.3) is 11.8 Å². The Hall–Kier alpha value is -3.61. The minimum atomic E-state index is -4.58. The van der Waals surface area contributed by atoms with E-state index in [0.29, 0.717) is 37.8 Å². The zero-order chi connectivity index (χ0) is 28.3. The van der Waals surface area contributed by atoms with Crippen LogP contribution in [0.4, 0.5) is 24.7 Å². The molecule has 2 aliphatic heterocycles. The number of halogens is 4. The lowest BCUT2D eigenvalue weighted by atomic mass is 10.0. The molecular formula is C27H28ClF3N6O3. The highest BCUT2D eigenvalue weighted by atomic mass is 35.5. The first-order valence-electron chi connectivity index (χ1n) is 12.9. The van der Waals surface area contributed by atoms with Gasteiger partial charge in [0.2, 0.25) is 5.75 Å². The van der Waals surface area contributed by atoms with Gasteiger partial charge in [0.1, 0.15) is 18.7 Å². The van der Waals surface area contributed by atoms with Gasteiger partial charge in [0.05, 0.1) is 12.1 Å². The Morgan fingerprint density at radius 1 is 1.12 bits per heavy atom. The van der Waals surface area contributed by atoms with Crippen LogP contribution < -0.4 is 20.1 Å². The first-order valence-corrected chi connectivity index (χ1v) is 13.2. The second kappa shape index (κ2) is 11.9. The van der Waals surface area contributed by atoms with Crippen LogP contribution in [0.5, 0.6) is 17.4 Å². The number of nitrogens with one attached hydrogen (secondary N) is 2. The number of nitrogens with zero attached hydrogens (tertiary/aromatic N) is 4. The third-order valence-electron chi connectivity index (χ3n) is 6.74. The summed E-state index contributed by atoms with van der Waals surface area (Å²) in [7, 11) is 0. The van der Waals surface area contributed by atoms with Crippen LogP contribution in [0.2, 0.25) is 5.02 Å². The zero-order valence-electron chi connectivity index (χ0n) is 21.7. The molecular weight excluding hydrogens is 549 g/mol. The number of hydrogen-bond acceptors (Lipinski definition) is 8. The Morgan fingerprint density at radius 2 is 1.90 bits per heavy atom. The van der Waals surface area contributed by atoms with Crippen LogP contribution in [0.1, 0.15) is 28.4 Å². The number of aromatic nitrogens is 2. The third-order valence-corrected chi connectivity index (χ3v) is 6.96. The largest absolute Gasteiger partial charge is 0.483 e. The maximum Gasteiger partial charge on any atom is 0.416 e. The van der Waals surface area contributed by atoms with Gasteiger partial charge < -0.3 is 25.0 Å². The van der Waals surface area contributed by atoms with Gasteiger partial charge in [-0.05, 0) is 42.4 Å². The first-order chi connectivity index (χ1) is 19.2. The lowest BCUT2D eigenvalue weighted by Gasteiger charge is -2.34. The van der Waals surface area contributed by atoms with Crippen molar-refractivity contribution in [2.45, 2.75) is 19.6 Å². The summed E-state index contributed by atoms with van der Waals surface area (Å²) in [5, 5.41) is 5.82. The van der Waals surface area contributed by atoms with Crippen molar-refractivity contribution < 1.29 is 27.4 Å². The van der Waals surface area contributed by atoms with E-state index in [4.69, 9.17) is 21.1 Å². The number of benzene rings is 2. The SMILES string of the molecule is CCN1CCN(Cc2ccc(NC(=O)c3cc(Cl)cc(Oc4ncnc5c4OCCN5)c3)cc2C(F)(F)F)CC1. The molecule has 1 saturated heterocycles. The fourth-order valence-corrected chi connectivity index (χ4v) is 4.86. The average Bonchev–Trinajstić information content (AvgIpc) is 2.93. The standard InChI is InChI=1S/C27H28ClF3N6O3/c1-2-36-6-8-37(9-7-36)15-17-3-4-20(14-22(17)27(29,30)31)35-25(38)18-11-19(28)13-21(12-18)40-26-23-24(33-16-34-26)32-5-10-39-23/h3-4,11-14,16H,2,5-10,15H2,1H3,(H,35,38)(H,32,33,34). The van der Waals surface area contributed by atoms with Gasteiger partial charge in [-0.2, -0.15) is 18.2 Å². The highest BCUT2D eigenvalue weighted by Crippen LogP contribution is 2.37. The monoisotopic (exact) mass is 576 g/mol. The quantitative estimate of drug-likeness (QED) is 0.400. The van der Waals surface area contributed by atoms with Crippen LogP contribution in [-0.2, 0) is 12.7 Å². The van der Waals surface area contributed by atoms with E-state index in [1.165, 1.54) is 36.7 Å². The van der Waals surface area contributed by atoms with Crippen molar-refractivity contribution in [3.63, 3.8) is 0 Å². The van der Waals surface area contributed by atoms with Crippen molar-refractivity contribution in [3.05, 3.63) is 64.4 Å². The molecule has 13 heteroatoms. The van der Waals surface area contributed by atoms with Crippen LogP contribution in [0, 0.1) is 0 Å². The van der Waals surface area contributed by atoms with Gasteiger partial charge in [0, 0.05) is 49.0 Å². The summed E-state index contributed by atoms with van der Waals surface area (Å²) < 4.78 is 53.4. The topological polar surface area (TPSA) is 91.9 Å². The number of alkyl halides is 3. The van der Waals surface area contributed by atoms with E-state index in [0.717, 1.165) is 25.7 Å². The van der Waals surface area contributed by atoms with E-state index in [9.17, 15) is 18.0 Å². The zero-order valence-corrected chi connectivity index (χ0v) is 22.5. The minimum absolute atomic E-state index is 0.0173. The summed E-state index contributed by atoms with van der Waals surface area (Å²) >= 11 is 6.23. The summed E-state index contributed by atoms with van der Waals surface area (Å²) in [6, 6.07) is 8.16. The number of likely N-dealkylation sites (N-methyl/N-ethyl adjacent to an activating group) is 1. The summed E-state index contributed by atoms with van der Waals surface area (Å²) in [6.07, 6.45) is -3.27. The molecule has 2 N–H and O–H groups in total. The van der Waals surface area contributed by atoms with Crippen LogP contribution >= 0.6 is 11.6 Å². The summed E-state index contributed by atoms with van der Waals surface area (Å²) in [5.74, 6) is 0.483. The summed E-state index contributed by atoms with van der Waals surface area (Å²) in [5.41, 5.74) is -0.501. The molecule has 0 bridgehead atoms. The van der Waals surface area contributed by atoms with Crippen LogP contribution in [0.15, 0.2) is 42.7 Å². The molecule has 0 saturated carbocycles. The fraction of sp³-hybridized carbons (Fsp3) is 0.370. The van der Waals surface area contributed by atoms with E-state index in [-0.39, 0.29) is 40.0 Å². The molecule has 0 atom stereocenters. The number of fused-ring (bicyclic) bond motifs is 1. The molecule has 0 radical (unpaired) electrons. The number of rotatable bonds is 7. The Bertz CT molecular complexity index is 1380. The molecule has 1 fully saturated rings. The Kier molecular flexibility index (Phi) is 8.29. The molecule has 212 valence electrons. The minimum Gasteiger partial charge on any atom is -0.483 e. The smallest absolute Gasteiger partial charge is 0.416 e. The van der Waals surface area contributed by atoms with E-state index in [1.54, 1.807) is 0 Å². The van der Waals surface area contributed by atoms with Crippen molar-refractivity contribution in [1.29, 1.82) is 0 Å². The highest BCUT2D eigenvalue weighted by Gasteiger charge is 2.34. The number of carbonyl (C=O) groups excluding carboxylic acids is 1. The Labute approximate surface area is 234 Å². The molecule has 5 rings (SSSR count). The molecule has 3 aromatic rings. The van der Waals surface area contributed by atoms with Crippen LogP contribution in [-0.4, -0.2) is 71.6 Å². The number of anilines is 2. The Morgan fingerprint density at radius 3 is 2.65 bits per heavy atom. The van der Waals surface area contributed by atoms with Crippen molar-refractivity contribution in [1.82, 2.24) is 19.8 Å². The number of carbonyl (C=O) groups is 1. The van der Waals surface area contributed by atoms with Crippen LogP contribution in [0.3, 0.4) is 0 Å². The first kappa shape index (κ1) is 27.9. The molecule has 2 aliphatic rings. The molecule has 0 spiro atoms. The fourth-order valence-electron chi connectivity index (χ4n) is 4.64. The van der Waals surface area contributed by atoms with Crippen LogP contribution in [0.25, 0.3) is 0 Å². The number of piperazine rings is 1. The molecule has 0 aliphatic carbocycles. The highest BCUT2D eigenvalue weighted by molar-refractivity contribution is 6.31. The van der Waals surface area contributed by atoms with Gasteiger partial charge in [-0.1, -0.05) is 24.6 Å². The number of ether oxygens (including phenoxy) is 2. The van der Waals surface area contributed by atoms with E-state index in [1.807, 2.05) is 4.90 Å². The molecule has 1 amide bonds. The van der Waals surface area contributed by atoms with Gasteiger partial charge in [-0.15, -0.1) is 0 Å². The maximum absolute atomic E-state index is 14.0. The van der Waals surface area contributed by atoms with E-state index >= 15 is 0 Å². The lowest BCUT2D eigenvalue weighted by molar-refractivity contribution is -0.138. The normalized spacial score (nSPS) is 16.0. The van der Waals surface area contributed by atoms with Gasteiger partial charge in [0.15, 0.2) is 5.82 Å². The second-order valence-electron chi connectivity index (χ2n) is 9.44. The van der Waals surface area contributed by atoms with Gasteiger partial charge >= 0.3 is 6.18 Å². The molecule has 3 heterocycles. The van der Waals surface area contributed by atoms with Crippen molar-refractivity contribution in [3.8, 4) is 17.4 Å². The van der Waals surface area contributed by atoms with Gasteiger partial charge in [-0.3, -0.25) is 9.69 Å². The van der Waals surface area contributed by atoms with E-state index < -0.39 is 17.6 Å². The molecule has 40 heavy (non-hydrogen) atoms. The molecule has 1 aromatic heterocycles. The molecule has 9 nitrogen and oxygen atoms in total. The second-order valence-corrected chi connectivity index (χ2v) is 9.88. The predicted octanol–water partition coefficient (Wildman–Crippen LogP) is 5.14. The number of hydrogen-bond donors (Lipinski definition) is 2. The molecule has 2 aromatic carbocycles. The third kappa shape index (κ3) is 6.57.